The summed E-state index contributed by atoms with van der Waals surface area (Å²) < 4.78 is 32.7. The number of rotatable bonds is 7. The highest BCUT2D eigenvalue weighted by atomic mass is 35.5. The van der Waals surface area contributed by atoms with Gasteiger partial charge in [-0.15, -0.1) is 0 Å². The van der Waals surface area contributed by atoms with E-state index in [0.717, 1.165) is 12.8 Å². The Labute approximate surface area is 178 Å². The van der Waals surface area contributed by atoms with Gasteiger partial charge in [-0.1, -0.05) is 17.7 Å². The van der Waals surface area contributed by atoms with E-state index in [2.05, 4.69) is 5.32 Å². The van der Waals surface area contributed by atoms with Crippen molar-refractivity contribution in [2.24, 2.45) is 0 Å². The first kappa shape index (κ1) is 22.0. The third-order valence-corrected chi connectivity index (χ3v) is 6.81. The van der Waals surface area contributed by atoms with Crippen LogP contribution in [0.3, 0.4) is 0 Å². The molecule has 3 rings (SSSR count). The largest absolute Gasteiger partial charge is 0.482 e. The van der Waals surface area contributed by atoms with Crippen molar-refractivity contribution in [1.82, 2.24) is 4.31 Å². The van der Waals surface area contributed by atoms with Gasteiger partial charge in [0.2, 0.25) is 10.0 Å². The molecule has 1 amide bonds. The highest BCUT2D eigenvalue weighted by Crippen LogP contribution is 2.31. The molecule has 0 saturated carbocycles. The second-order valence-corrected chi connectivity index (χ2v) is 9.14. The molecule has 1 aliphatic heterocycles. The summed E-state index contributed by atoms with van der Waals surface area (Å²) in [5.74, 6) is -0.574. The predicted molar refractivity (Wildman–Crippen MR) is 111 cm³/mol. The van der Waals surface area contributed by atoms with E-state index in [1.807, 2.05) is 0 Å². The normalized spacial score (nSPS) is 14.5. The smallest absolute Gasteiger partial charge is 0.271 e. The lowest BCUT2D eigenvalue weighted by Gasteiger charge is -2.18. The number of nitrogens with one attached hydrogen (secondary N) is 1. The number of ether oxygens (including phenoxy) is 1. The molecule has 0 radical (unpaired) electrons. The molecule has 11 heteroatoms. The van der Waals surface area contributed by atoms with E-state index in [1.54, 1.807) is 6.92 Å². The first-order valence-corrected chi connectivity index (χ1v) is 11.0. The quantitative estimate of drug-likeness (QED) is 0.507. The fourth-order valence-corrected chi connectivity index (χ4v) is 4.97. The number of amides is 1. The summed E-state index contributed by atoms with van der Waals surface area (Å²) in [5.41, 5.74) is 0.755. The van der Waals surface area contributed by atoms with Crippen molar-refractivity contribution < 1.29 is 22.9 Å². The van der Waals surface area contributed by atoms with Crippen molar-refractivity contribution in [3.05, 3.63) is 57.1 Å². The van der Waals surface area contributed by atoms with Gasteiger partial charge in [-0.25, -0.2) is 8.42 Å². The van der Waals surface area contributed by atoms with Crippen molar-refractivity contribution >= 4 is 38.9 Å². The fraction of sp³-hybridized carbons (Fsp3) is 0.316. The number of non-ortho nitro benzene ring substituents is 1. The van der Waals surface area contributed by atoms with Crippen LogP contribution in [-0.4, -0.2) is 43.2 Å². The van der Waals surface area contributed by atoms with E-state index >= 15 is 0 Å². The van der Waals surface area contributed by atoms with Gasteiger partial charge >= 0.3 is 0 Å². The third kappa shape index (κ3) is 4.89. The second-order valence-electron chi connectivity index (χ2n) is 6.80. The van der Waals surface area contributed by atoms with Crippen LogP contribution in [0.15, 0.2) is 41.3 Å². The molecule has 0 atom stereocenters. The number of sulfonamides is 1. The number of carbonyl (C=O) groups is 1. The number of nitro groups is 1. The number of carbonyl (C=O) groups excluding carboxylic acids is 1. The number of nitro benzene ring substituents is 1. The lowest BCUT2D eigenvalue weighted by Crippen LogP contribution is -2.29. The molecule has 30 heavy (non-hydrogen) atoms. The maximum absolute atomic E-state index is 12.9. The molecule has 1 aliphatic rings. The van der Waals surface area contributed by atoms with Gasteiger partial charge < -0.3 is 10.1 Å². The number of halogens is 1. The summed E-state index contributed by atoms with van der Waals surface area (Å²) in [6.45, 7) is 2.05. The van der Waals surface area contributed by atoms with E-state index in [-0.39, 0.29) is 27.0 Å². The van der Waals surface area contributed by atoms with Crippen molar-refractivity contribution in [2.75, 3.05) is 25.0 Å². The molecule has 0 unspecified atom stereocenters. The minimum Gasteiger partial charge on any atom is -0.482 e. The summed E-state index contributed by atoms with van der Waals surface area (Å²) in [7, 11) is -3.80. The Kier molecular flexibility index (Phi) is 6.59. The Morgan fingerprint density at radius 1 is 1.23 bits per heavy atom. The molecule has 9 nitrogen and oxygen atoms in total. The van der Waals surface area contributed by atoms with Gasteiger partial charge in [0.1, 0.15) is 10.6 Å². The first-order valence-electron chi connectivity index (χ1n) is 9.16. The third-order valence-electron chi connectivity index (χ3n) is 4.65. The monoisotopic (exact) mass is 453 g/mol. The average Bonchev–Trinajstić information content (AvgIpc) is 3.24. The number of anilines is 1. The van der Waals surface area contributed by atoms with Crippen LogP contribution >= 0.6 is 11.6 Å². The summed E-state index contributed by atoms with van der Waals surface area (Å²) in [6, 6.07) is 8.28. The molecule has 0 aliphatic carbocycles. The Hall–Kier alpha value is -2.69. The van der Waals surface area contributed by atoms with E-state index in [9.17, 15) is 23.3 Å². The van der Waals surface area contributed by atoms with Crippen molar-refractivity contribution in [3.8, 4) is 5.75 Å². The first-order chi connectivity index (χ1) is 14.2. The van der Waals surface area contributed by atoms with Crippen LogP contribution in [0.2, 0.25) is 5.02 Å². The highest BCUT2D eigenvalue weighted by molar-refractivity contribution is 7.89. The van der Waals surface area contributed by atoms with E-state index < -0.39 is 27.5 Å². The number of benzene rings is 2. The molecule has 1 N–H and O–H groups in total. The summed E-state index contributed by atoms with van der Waals surface area (Å²) in [6.07, 6.45) is 1.56. The van der Waals surface area contributed by atoms with Crippen LogP contribution in [0.1, 0.15) is 18.4 Å². The molecular weight excluding hydrogens is 434 g/mol. The summed E-state index contributed by atoms with van der Waals surface area (Å²) in [5, 5.41) is 13.7. The zero-order chi connectivity index (χ0) is 21.9. The van der Waals surface area contributed by atoms with Crippen LogP contribution in [0.4, 0.5) is 11.4 Å². The van der Waals surface area contributed by atoms with E-state index in [4.69, 9.17) is 16.3 Å². The molecule has 0 aromatic heterocycles. The lowest BCUT2D eigenvalue weighted by atomic mass is 10.2. The van der Waals surface area contributed by atoms with Crippen molar-refractivity contribution in [2.45, 2.75) is 24.7 Å². The molecule has 1 saturated heterocycles. The number of aryl methyl sites for hydroxylation is 1. The van der Waals surface area contributed by atoms with Gasteiger partial charge in [0.25, 0.3) is 11.6 Å². The fourth-order valence-electron chi connectivity index (χ4n) is 3.06. The molecule has 1 fully saturated rings. The molecular formula is C19H20ClN3O6S. The zero-order valence-electron chi connectivity index (χ0n) is 16.1. The van der Waals surface area contributed by atoms with Crippen molar-refractivity contribution in [3.63, 3.8) is 0 Å². The van der Waals surface area contributed by atoms with Crippen LogP contribution in [0.25, 0.3) is 0 Å². The average molecular weight is 454 g/mol. The van der Waals surface area contributed by atoms with Crippen molar-refractivity contribution in [1.29, 1.82) is 0 Å². The van der Waals surface area contributed by atoms with Gasteiger partial charge in [-0.2, -0.15) is 4.31 Å². The maximum atomic E-state index is 12.9. The molecule has 1 heterocycles. The minimum absolute atomic E-state index is 0.0113. The topological polar surface area (TPSA) is 119 Å². The summed E-state index contributed by atoms with van der Waals surface area (Å²) in [4.78, 5) is 22.6. The van der Waals surface area contributed by atoms with Gasteiger partial charge in [-0.3, -0.25) is 14.9 Å². The molecule has 2 aromatic rings. The van der Waals surface area contributed by atoms with Crippen LogP contribution in [0, 0.1) is 17.0 Å². The summed E-state index contributed by atoms with van der Waals surface area (Å²) >= 11 is 5.98. The van der Waals surface area contributed by atoms with E-state index in [0.29, 0.717) is 18.7 Å². The van der Waals surface area contributed by atoms with Gasteiger partial charge in [0, 0.05) is 30.2 Å². The standard InChI is InChI=1S/C19H20ClN3O6S/c1-13-4-6-15(23(25)26)11-16(13)21-19(24)12-29-17-7-5-14(20)10-18(17)30(27,28)22-8-2-3-9-22/h4-7,10-11H,2-3,8-9,12H2,1H3,(H,21,24). The van der Waals surface area contributed by atoms with Gasteiger partial charge in [0.15, 0.2) is 6.61 Å². The minimum atomic E-state index is -3.80. The number of hydrogen-bond acceptors (Lipinski definition) is 6. The molecule has 160 valence electrons. The Morgan fingerprint density at radius 3 is 2.60 bits per heavy atom. The lowest BCUT2D eigenvalue weighted by molar-refractivity contribution is -0.384. The van der Waals surface area contributed by atoms with Crippen LogP contribution in [0.5, 0.6) is 5.75 Å². The molecule has 2 aromatic carbocycles. The SMILES string of the molecule is Cc1ccc([N+](=O)[O-])cc1NC(=O)COc1ccc(Cl)cc1S(=O)(=O)N1CCCC1. The van der Waals surface area contributed by atoms with Crippen LogP contribution < -0.4 is 10.1 Å². The highest BCUT2D eigenvalue weighted by Gasteiger charge is 2.30. The Bertz CT molecular complexity index is 1080. The van der Waals surface area contributed by atoms with Gasteiger partial charge in [0.05, 0.1) is 10.6 Å². The number of hydrogen-bond donors (Lipinski definition) is 1. The Morgan fingerprint density at radius 2 is 1.93 bits per heavy atom. The maximum Gasteiger partial charge on any atom is 0.271 e. The zero-order valence-corrected chi connectivity index (χ0v) is 17.7. The Balaban J connectivity index is 1.76. The van der Waals surface area contributed by atoms with Crippen LogP contribution in [-0.2, 0) is 14.8 Å². The van der Waals surface area contributed by atoms with Gasteiger partial charge in [-0.05, 0) is 43.5 Å². The van der Waals surface area contributed by atoms with E-state index in [1.165, 1.54) is 40.7 Å². The number of nitrogens with zero attached hydrogens (tertiary/aromatic N) is 2. The predicted octanol–water partition coefficient (Wildman–Crippen LogP) is 3.36. The molecule has 0 bridgehead atoms. The second kappa shape index (κ2) is 8.99. The molecule has 0 spiro atoms.